The second-order valence-corrected chi connectivity index (χ2v) is 7.79. The molecule has 3 unspecified atom stereocenters. The van der Waals surface area contributed by atoms with Crippen LogP contribution >= 0.6 is 30.8 Å². The van der Waals surface area contributed by atoms with Crippen molar-refractivity contribution in [1.82, 2.24) is 0 Å². The maximum absolute atomic E-state index is 12.5. The Morgan fingerprint density at radius 2 is 2.39 bits per heavy atom. The third kappa shape index (κ3) is 2.96. The van der Waals surface area contributed by atoms with Gasteiger partial charge in [0.15, 0.2) is 0 Å². The van der Waals surface area contributed by atoms with E-state index in [1.54, 1.807) is 0 Å². The van der Waals surface area contributed by atoms with E-state index in [4.69, 9.17) is 32.2 Å². The van der Waals surface area contributed by atoms with Crippen molar-refractivity contribution in [3.8, 4) is 0 Å². The molecule has 0 spiro atoms. The number of hydrogen-bond acceptors (Lipinski definition) is 3. The third-order valence-electron chi connectivity index (χ3n) is 3.48. The smallest absolute Gasteiger partial charge is 0.306 e. The molecule has 18 heavy (non-hydrogen) atoms. The minimum atomic E-state index is -3.21. The molecule has 0 saturated heterocycles. The Labute approximate surface area is 118 Å². The fourth-order valence-corrected chi connectivity index (χ4v) is 5.15. The van der Waals surface area contributed by atoms with E-state index in [0.29, 0.717) is 11.6 Å². The molecule has 0 amide bonds. The molecule has 1 aliphatic heterocycles. The molecular formula is C12H19Cl2O3P. The molecule has 0 N–H and O–H groups in total. The van der Waals surface area contributed by atoms with Crippen LogP contribution in [0.3, 0.4) is 0 Å². The van der Waals surface area contributed by atoms with E-state index in [0.717, 1.165) is 38.5 Å². The van der Waals surface area contributed by atoms with Gasteiger partial charge in [0.05, 0.1) is 12.7 Å². The van der Waals surface area contributed by atoms with Gasteiger partial charge < -0.3 is 4.52 Å². The Morgan fingerprint density at radius 1 is 1.61 bits per heavy atom. The van der Waals surface area contributed by atoms with Crippen molar-refractivity contribution in [3.63, 3.8) is 0 Å². The number of hydrogen-bond donors (Lipinski definition) is 0. The zero-order valence-corrected chi connectivity index (χ0v) is 12.9. The molecule has 104 valence electrons. The summed E-state index contributed by atoms with van der Waals surface area (Å²) >= 11 is 12.7. The van der Waals surface area contributed by atoms with Crippen LogP contribution in [-0.2, 0) is 13.6 Å². The van der Waals surface area contributed by atoms with Crippen LogP contribution in [0.25, 0.3) is 0 Å². The first kappa shape index (κ1) is 14.9. The van der Waals surface area contributed by atoms with Crippen LogP contribution in [-0.4, -0.2) is 17.6 Å². The summed E-state index contributed by atoms with van der Waals surface area (Å²) in [6.07, 6.45) is 5.15. The molecule has 6 heteroatoms. The summed E-state index contributed by atoms with van der Waals surface area (Å²) in [7, 11) is -3.21. The second kappa shape index (κ2) is 5.85. The first-order valence-corrected chi connectivity index (χ1v) is 8.87. The summed E-state index contributed by atoms with van der Waals surface area (Å²) in [6.45, 7) is 2.48. The molecule has 0 radical (unpaired) electrons. The summed E-state index contributed by atoms with van der Waals surface area (Å²) < 4.78 is 23.5. The van der Waals surface area contributed by atoms with Gasteiger partial charge in [0.25, 0.3) is 0 Å². The van der Waals surface area contributed by atoms with Gasteiger partial charge in [-0.15, -0.1) is 11.6 Å². The highest BCUT2D eigenvalue weighted by Gasteiger charge is 2.50. The lowest BCUT2D eigenvalue weighted by Crippen LogP contribution is -2.43. The van der Waals surface area contributed by atoms with Crippen LogP contribution in [0.15, 0.2) is 10.8 Å². The predicted molar refractivity (Wildman–Crippen MR) is 74.3 cm³/mol. The third-order valence-corrected chi connectivity index (χ3v) is 6.48. The van der Waals surface area contributed by atoms with E-state index in [9.17, 15) is 4.57 Å². The van der Waals surface area contributed by atoms with E-state index >= 15 is 0 Å². The normalized spacial score (nSPS) is 40.2. The second-order valence-electron chi connectivity index (χ2n) is 4.91. The molecule has 0 aromatic heterocycles. The minimum absolute atomic E-state index is 0.294. The summed E-state index contributed by atoms with van der Waals surface area (Å²) in [5.74, 6) is 1.40. The largest absolute Gasteiger partial charge is 0.355 e. The van der Waals surface area contributed by atoms with Gasteiger partial charge in [-0.2, -0.15) is 0 Å². The molecule has 3 atom stereocenters. The number of unbranched alkanes of at least 4 members (excludes halogenated alkanes) is 1. The van der Waals surface area contributed by atoms with Crippen molar-refractivity contribution in [3.05, 3.63) is 10.8 Å². The first-order chi connectivity index (χ1) is 8.50. The summed E-state index contributed by atoms with van der Waals surface area (Å²) in [6, 6.07) is 0. The number of fused-ring (bicyclic) bond motifs is 1. The molecule has 1 heterocycles. The molecule has 3 nitrogen and oxygen atoms in total. The quantitative estimate of drug-likeness (QED) is 0.415. The van der Waals surface area contributed by atoms with Crippen LogP contribution in [0.5, 0.6) is 0 Å². The van der Waals surface area contributed by atoms with Crippen molar-refractivity contribution in [2.45, 2.75) is 56.4 Å². The molecular weight excluding hydrogens is 294 g/mol. The highest BCUT2D eigenvalue weighted by Crippen LogP contribution is 2.62. The Balaban J connectivity index is 2.14. The molecule has 2 aliphatic rings. The molecule has 0 aromatic rings. The van der Waals surface area contributed by atoms with Crippen molar-refractivity contribution >= 4 is 30.8 Å². The van der Waals surface area contributed by atoms with Crippen LogP contribution in [0.2, 0.25) is 0 Å². The molecule has 0 aromatic carbocycles. The van der Waals surface area contributed by atoms with Gasteiger partial charge in [-0.05, 0) is 19.3 Å². The lowest BCUT2D eigenvalue weighted by molar-refractivity contribution is 0.0952. The van der Waals surface area contributed by atoms with Crippen LogP contribution in [0.4, 0.5) is 0 Å². The highest BCUT2D eigenvalue weighted by atomic mass is 35.5. The predicted octanol–water partition coefficient (Wildman–Crippen LogP) is 5.03. The molecule has 1 saturated carbocycles. The Kier molecular flexibility index (Phi) is 4.83. The number of alkyl halides is 1. The number of rotatable bonds is 4. The molecule has 2 rings (SSSR count). The minimum Gasteiger partial charge on any atom is -0.306 e. The lowest BCUT2D eigenvalue weighted by Gasteiger charge is -2.42. The average molecular weight is 313 g/mol. The molecule has 1 fully saturated rings. The van der Waals surface area contributed by atoms with E-state index in [1.807, 2.05) is 0 Å². The van der Waals surface area contributed by atoms with Crippen molar-refractivity contribution in [1.29, 1.82) is 0 Å². The SMILES string of the molecule is CCCCOP1(=O)C=C(Cl)C2(Cl)CCCCC2O1. The van der Waals surface area contributed by atoms with Crippen LogP contribution in [0, 0.1) is 0 Å². The van der Waals surface area contributed by atoms with E-state index in [-0.39, 0.29) is 6.10 Å². The maximum Gasteiger partial charge on any atom is 0.355 e. The van der Waals surface area contributed by atoms with Crippen molar-refractivity contribution in [2.24, 2.45) is 0 Å². The first-order valence-electron chi connectivity index (χ1n) is 6.50. The van der Waals surface area contributed by atoms with E-state index in [1.165, 1.54) is 5.82 Å². The Bertz CT molecular complexity index is 386. The topological polar surface area (TPSA) is 35.5 Å². The number of halogens is 2. The zero-order valence-electron chi connectivity index (χ0n) is 10.5. The van der Waals surface area contributed by atoms with Crippen molar-refractivity contribution < 1.29 is 13.6 Å². The summed E-state index contributed by atoms with van der Waals surface area (Å²) in [5.41, 5.74) is 0. The monoisotopic (exact) mass is 312 g/mol. The van der Waals surface area contributed by atoms with Gasteiger partial charge in [-0.3, -0.25) is 9.09 Å². The Hall–Kier alpha value is 0.470. The van der Waals surface area contributed by atoms with Gasteiger partial charge in [-0.1, -0.05) is 37.8 Å². The maximum atomic E-state index is 12.5. The lowest BCUT2D eigenvalue weighted by atomic mass is 9.85. The van der Waals surface area contributed by atoms with Gasteiger partial charge in [0, 0.05) is 10.8 Å². The van der Waals surface area contributed by atoms with Crippen molar-refractivity contribution in [2.75, 3.05) is 6.61 Å². The fourth-order valence-electron chi connectivity index (χ4n) is 2.37. The Morgan fingerprint density at radius 3 is 3.11 bits per heavy atom. The zero-order chi connectivity index (χ0) is 13.2. The van der Waals surface area contributed by atoms with Gasteiger partial charge in [-0.25, -0.2) is 0 Å². The average Bonchev–Trinajstić information content (AvgIpc) is 2.31. The van der Waals surface area contributed by atoms with Crippen LogP contribution in [0.1, 0.15) is 45.4 Å². The summed E-state index contributed by atoms with van der Waals surface area (Å²) in [4.78, 5) is -0.693. The molecule has 0 bridgehead atoms. The summed E-state index contributed by atoms with van der Waals surface area (Å²) in [5, 5.41) is 0.431. The van der Waals surface area contributed by atoms with Gasteiger partial charge in [0.1, 0.15) is 4.87 Å². The fraction of sp³-hybridized carbons (Fsp3) is 0.833. The van der Waals surface area contributed by atoms with Crippen LogP contribution < -0.4 is 0 Å². The standard InChI is InChI=1S/C12H19Cl2O3P/c1-2-3-8-16-18(15)9-10(13)12(14)7-5-4-6-11(12)17-18/h9,11H,2-8H2,1H3. The van der Waals surface area contributed by atoms with E-state index in [2.05, 4.69) is 6.92 Å². The van der Waals surface area contributed by atoms with Gasteiger partial charge >= 0.3 is 7.60 Å². The van der Waals surface area contributed by atoms with E-state index < -0.39 is 12.5 Å². The highest BCUT2D eigenvalue weighted by molar-refractivity contribution is 7.57. The van der Waals surface area contributed by atoms with Gasteiger partial charge in [0.2, 0.25) is 0 Å². The molecule has 1 aliphatic carbocycles.